The predicted octanol–water partition coefficient (Wildman–Crippen LogP) is 3.02. The minimum absolute atomic E-state index is 0.194. The molecular formula is C19H14N4O3S2. The number of nitrogens with zero attached hydrogens (tertiary/aromatic N) is 2. The van der Waals surface area contributed by atoms with Gasteiger partial charge < -0.3 is 11.1 Å². The van der Waals surface area contributed by atoms with Crippen LogP contribution in [-0.2, 0) is 4.79 Å². The Morgan fingerprint density at radius 1 is 1.04 bits per heavy atom. The number of anilines is 2. The molecule has 1 amide bonds. The van der Waals surface area contributed by atoms with Crippen LogP contribution in [0.5, 0.6) is 0 Å². The van der Waals surface area contributed by atoms with Crippen LogP contribution < -0.4 is 11.1 Å². The van der Waals surface area contributed by atoms with Crippen molar-refractivity contribution in [2.45, 2.75) is 16.5 Å². The molecule has 9 heteroatoms. The van der Waals surface area contributed by atoms with Gasteiger partial charge in [0, 0.05) is 27.9 Å². The summed E-state index contributed by atoms with van der Waals surface area (Å²) in [6.07, 6.45) is 0. The molecule has 1 aliphatic rings. The van der Waals surface area contributed by atoms with Crippen molar-refractivity contribution in [1.82, 2.24) is 10.2 Å². The van der Waals surface area contributed by atoms with Crippen molar-refractivity contribution in [1.29, 1.82) is 0 Å². The van der Waals surface area contributed by atoms with Crippen molar-refractivity contribution in [3.05, 3.63) is 64.7 Å². The molecule has 7 nitrogen and oxygen atoms in total. The molecule has 2 aromatic carbocycles. The molecule has 140 valence electrons. The average Bonchev–Trinajstić information content (AvgIpc) is 3.10. The Labute approximate surface area is 168 Å². The number of aromatic nitrogens is 2. The van der Waals surface area contributed by atoms with Gasteiger partial charge in [0.05, 0.1) is 5.25 Å². The number of hydrogen-bond acceptors (Lipinski definition) is 8. The number of carbonyl (C=O) groups excluding carboxylic acids is 3. The standard InChI is InChI=1S/C19H14N4O3S2/c1-9(27-19-23-22-18(20)28-19)17(26)21-10-6-7-13-14(8-10)16(25)12-5-3-2-4-11(12)15(13)24/h2-9H,1H3,(H2,20,22)(H,21,26)/t9-/m1/s1. The summed E-state index contributed by atoms with van der Waals surface area (Å²) in [4.78, 5) is 37.9. The largest absolute Gasteiger partial charge is 0.374 e. The first-order valence-electron chi connectivity index (χ1n) is 8.33. The van der Waals surface area contributed by atoms with Gasteiger partial charge in [-0.3, -0.25) is 14.4 Å². The molecule has 0 bridgehead atoms. The number of benzene rings is 2. The molecule has 1 aliphatic carbocycles. The van der Waals surface area contributed by atoms with Crippen LogP contribution in [0.4, 0.5) is 10.8 Å². The Kier molecular flexibility index (Phi) is 4.70. The lowest BCUT2D eigenvalue weighted by Gasteiger charge is -2.18. The molecule has 3 N–H and O–H groups in total. The number of hydrogen-bond donors (Lipinski definition) is 2. The van der Waals surface area contributed by atoms with E-state index < -0.39 is 5.25 Å². The highest BCUT2D eigenvalue weighted by Crippen LogP contribution is 2.30. The van der Waals surface area contributed by atoms with Gasteiger partial charge in [0.1, 0.15) is 0 Å². The number of ketones is 2. The predicted molar refractivity (Wildman–Crippen MR) is 108 cm³/mol. The van der Waals surface area contributed by atoms with E-state index in [2.05, 4.69) is 15.5 Å². The van der Waals surface area contributed by atoms with Gasteiger partial charge in [-0.2, -0.15) is 0 Å². The van der Waals surface area contributed by atoms with Gasteiger partial charge in [0.2, 0.25) is 11.0 Å². The fourth-order valence-corrected chi connectivity index (χ4v) is 4.67. The second-order valence-corrected chi connectivity index (χ2v) is 8.72. The number of carbonyl (C=O) groups is 3. The van der Waals surface area contributed by atoms with E-state index in [0.29, 0.717) is 37.4 Å². The highest BCUT2D eigenvalue weighted by atomic mass is 32.2. The number of thioether (sulfide) groups is 1. The summed E-state index contributed by atoms with van der Waals surface area (Å²) in [5.74, 6) is -0.678. The van der Waals surface area contributed by atoms with Crippen LogP contribution in [0.3, 0.4) is 0 Å². The fraction of sp³-hybridized carbons (Fsp3) is 0.105. The second-order valence-electron chi connectivity index (χ2n) is 6.12. The summed E-state index contributed by atoms with van der Waals surface area (Å²) in [6.45, 7) is 1.74. The summed E-state index contributed by atoms with van der Waals surface area (Å²) in [6, 6.07) is 11.5. The molecule has 1 aromatic heterocycles. The molecule has 1 heterocycles. The number of amides is 1. The van der Waals surface area contributed by atoms with E-state index in [4.69, 9.17) is 5.73 Å². The van der Waals surface area contributed by atoms with Crippen LogP contribution in [0.15, 0.2) is 46.8 Å². The van der Waals surface area contributed by atoms with E-state index in [1.807, 2.05) is 0 Å². The monoisotopic (exact) mass is 410 g/mol. The van der Waals surface area contributed by atoms with Crippen LogP contribution >= 0.6 is 23.1 Å². The third kappa shape index (κ3) is 3.30. The third-order valence-electron chi connectivity index (χ3n) is 4.26. The van der Waals surface area contributed by atoms with E-state index >= 15 is 0 Å². The van der Waals surface area contributed by atoms with Crippen molar-refractivity contribution >= 4 is 51.4 Å². The average molecular weight is 410 g/mol. The summed E-state index contributed by atoms with van der Waals surface area (Å²) in [7, 11) is 0. The van der Waals surface area contributed by atoms with E-state index in [-0.39, 0.29) is 17.5 Å². The quantitative estimate of drug-likeness (QED) is 0.497. The third-order valence-corrected chi connectivity index (χ3v) is 6.20. The van der Waals surface area contributed by atoms with E-state index in [1.54, 1.807) is 49.4 Å². The Morgan fingerprint density at radius 2 is 1.68 bits per heavy atom. The highest BCUT2D eigenvalue weighted by molar-refractivity contribution is 8.02. The first-order valence-corrected chi connectivity index (χ1v) is 10.0. The van der Waals surface area contributed by atoms with Gasteiger partial charge in [0.25, 0.3) is 0 Å². The van der Waals surface area contributed by atoms with Crippen molar-refractivity contribution in [2.24, 2.45) is 0 Å². The minimum atomic E-state index is -0.443. The van der Waals surface area contributed by atoms with Crippen LogP contribution in [0.1, 0.15) is 38.8 Å². The normalized spacial score (nSPS) is 13.6. The van der Waals surface area contributed by atoms with Crippen molar-refractivity contribution in [2.75, 3.05) is 11.1 Å². The molecule has 0 aliphatic heterocycles. The molecule has 28 heavy (non-hydrogen) atoms. The zero-order valence-corrected chi connectivity index (χ0v) is 16.3. The number of nitrogens with two attached hydrogens (primary N) is 1. The van der Waals surface area contributed by atoms with Gasteiger partial charge in [-0.1, -0.05) is 47.4 Å². The van der Waals surface area contributed by atoms with Gasteiger partial charge in [-0.25, -0.2) is 0 Å². The van der Waals surface area contributed by atoms with Crippen LogP contribution in [-0.4, -0.2) is 32.9 Å². The maximum Gasteiger partial charge on any atom is 0.237 e. The second kappa shape index (κ2) is 7.17. The molecule has 0 radical (unpaired) electrons. The lowest BCUT2D eigenvalue weighted by atomic mass is 9.84. The molecule has 0 spiro atoms. The number of fused-ring (bicyclic) bond motifs is 2. The lowest BCUT2D eigenvalue weighted by molar-refractivity contribution is -0.115. The fourth-order valence-electron chi connectivity index (χ4n) is 2.89. The van der Waals surface area contributed by atoms with E-state index in [9.17, 15) is 14.4 Å². The molecule has 1 atom stereocenters. The molecule has 0 unspecified atom stereocenters. The first kappa shape index (κ1) is 18.3. The molecule has 0 saturated carbocycles. The molecule has 4 rings (SSSR count). The Bertz CT molecular complexity index is 1130. The first-order chi connectivity index (χ1) is 13.4. The topological polar surface area (TPSA) is 115 Å². The van der Waals surface area contributed by atoms with Gasteiger partial charge in [-0.15, -0.1) is 10.2 Å². The Hall–Kier alpha value is -3.04. The van der Waals surface area contributed by atoms with Crippen molar-refractivity contribution in [3.63, 3.8) is 0 Å². The maximum atomic E-state index is 12.8. The molecule has 0 saturated heterocycles. The summed E-state index contributed by atoms with van der Waals surface area (Å²) in [5, 5.41) is 10.3. The zero-order chi connectivity index (χ0) is 19.8. The minimum Gasteiger partial charge on any atom is -0.374 e. The highest BCUT2D eigenvalue weighted by Gasteiger charge is 2.29. The number of nitrogen functional groups attached to an aromatic ring is 1. The SMILES string of the molecule is C[C@@H](Sc1nnc(N)s1)C(=O)Nc1ccc2c(c1)C(=O)c1ccccc1C2=O. The summed E-state index contributed by atoms with van der Waals surface area (Å²) < 4.78 is 0.600. The maximum absolute atomic E-state index is 12.8. The van der Waals surface area contributed by atoms with Crippen LogP contribution in [0, 0.1) is 0 Å². The van der Waals surface area contributed by atoms with Crippen molar-refractivity contribution in [3.8, 4) is 0 Å². The lowest BCUT2D eigenvalue weighted by Crippen LogP contribution is -2.24. The summed E-state index contributed by atoms with van der Waals surface area (Å²) >= 11 is 2.45. The Balaban J connectivity index is 1.55. The smallest absolute Gasteiger partial charge is 0.237 e. The van der Waals surface area contributed by atoms with Crippen LogP contribution in [0.2, 0.25) is 0 Å². The van der Waals surface area contributed by atoms with Gasteiger partial charge in [-0.05, 0) is 25.1 Å². The number of rotatable bonds is 4. The van der Waals surface area contributed by atoms with E-state index in [0.717, 1.165) is 0 Å². The van der Waals surface area contributed by atoms with Crippen LogP contribution in [0.25, 0.3) is 0 Å². The molecule has 0 fully saturated rings. The molecular weight excluding hydrogens is 396 g/mol. The summed E-state index contributed by atoms with van der Waals surface area (Å²) in [5.41, 5.74) is 7.41. The Morgan fingerprint density at radius 3 is 2.32 bits per heavy atom. The molecule has 3 aromatic rings. The van der Waals surface area contributed by atoms with Gasteiger partial charge in [0.15, 0.2) is 15.9 Å². The number of nitrogens with one attached hydrogen (secondary N) is 1. The van der Waals surface area contributed by atoms with Crippen molar-refractivity contribution < 1.29 is 14.4 Å². The van der Waals surface area contributed by atoms with E-state index in [1.165, 1.54) is 23.1 Å². The zero-order valence-electron chi connectivity index (χ0n) is 14.6. The van der Waals surface area contributed by atoms with Gasteiger partial charge >= 0.3 is 0 Å².